The van der Waals surface area contributed by atoms with Crippen molar-refractivity contribution in [2.24, 2.45) is 0 Å². The summed E-state index contributed by atoms with van der Waals surface area (Å²) >= 11 is 0. The van der Waals surface area contributed by atoms with Crippen molar-refractivity contribution in [3.63, 3.8) is 0 Å². The number of benzene rings is 4. The Morgan fingerprint density at radius 3 is 0.895 bits per heavy atom. The van der Waals surface area contributed by atoms with E-state index in [1.54, 1.807) is 0 Å². The zero-order chi connectivity index (χ0) is 39.7. The summed E-state index contributed by atoms with van der Waals surface area (Å²) in [7, 11) is 0. The van der Waals surface area contributed by atoms with E-state index in [1.165, 1.54) is 22.3 Å². The number of hydrogen-bond acceptors (Lipinski definition) is 6. The first kappa shape index (κ1) is 38.6. The number of rotatable bonds is 0. The van der Waals surface area contributed by atoms with Crippen molar-refractivity contribution in [2.45, 2.75) is 105 Å². The van der Waals surface area contributed by atoms with Gasteiger partial charge in [0.25, 0.3) is 0 Å². The Balaban J connectivity index is 0.00000455. The maximum absolute atomic E-state index is 5.53. The second-order valence-electron chi connectivity index (χ2n) is 19.5. The summed E-state index contributed by atoms with van der Waals surface area (Å²) < 4.78 is 0. The van der Waals surface area contributed by atoms with Crippen LogP contribution in [0.5, 0.6) is 0 Å². The van der Waals surface area contributed by atoms with Crippen LogP contribution in [0.1, 0.15) is 105 Å². The van der Waals surface area contributed by atoms with Crippen LogP contribution in [0.3, 0.4) is 0 Å². The van der Waals surface area contributed by atoms with E-state index in [-0.39, 0.29) is 39.3 Å². The average Bonchev–Trinajstić information content (AvgIpc) is 3.84. The average molecular weight is 816 g/mol. The van der Waals surface area contributed by atoms with E-state index in [1.807, 2.05) is 36.4 Å². The fourth-order valence-corrected chi connectivity index (χ4v) is 8.90. The molecule has 0 spiro atoms. The molecule has 0 fully saturated rings. The summed E-state index contributed by atoms with van der Waals surface area (Å²) in [5.41, 5.74) is 10.9. The number of H-pyrrole nitrogens is 2. The van der Waals surface area contributed by atoms with Gasteiger partial charge in [0.15, 0.2) is 23.3 Å². The van der Waals surface area contributed by atoms with Crippen molar-refractivity contribution in [1.82, 2.24) is 39.9 Å². The molecule has 5 heterocycles. The van der Waals surface area contributed by atoms with Crippen molar-refractivity contribution >= 4 is 61.7 Å². The number of nitrogens with zero attached hydrogens (tertiary/aromatic N) is 6. The van der Waals surface area contributed by atoms with Gasteiger partial charge in [0.2, 0.25) is 0 Å². The molecule has 2 N–H and O–H groups in total. The monoisotopic (exact) mass is 816 g/mol. The summed E-state index contributed by atoms with van der Waals surface area (Å²) in [6.45, 7) is 28.0. The van der Waals surface area contributed by atoms with Gasteiger partial charge in [-0.2, -0.15) is 0 Å². The Kier molecular flexibility index (Phi) is 8.74. The second-order valence-corrected chi connectivity index (χ2v) is 19.5. The molecule has 7 aromatic rings. The molecule has 2 aliphatic heterocycles. The molecule has 8 nitrogen and oxygen atoms in total. The van der Waals surface area contributed by atoms with Crippen LogP contribution in [0, 0.1) is 0 Å². The Morgan fingerprint density at radius 2 is 0.596 bits per heavy atom. The van der Waals surface area contributed by atoms with Gasteiger partial charge >= 0.3 is 17.6 Å². The normalized spacial score (nSPS) is 13.1. The minimum absolute atomic E-state index is 0. The molecule has 0 radical (unpaired) electrons. The van der Waals surface area contributed by atoms with E-state index in [0.717, 1.165) is 55.1 Å². The zero-order valence-electron chi connectivity index (χ0n) is 34.6. The minimum atomic E-state index is -0.259. The fourth-order valence-electron chi connectivity index (χ4n) is 8.90. The number of aromatic amines is 2. The Hall–Kier alpha value is -5.22. The number of nitrogens with one attached hydrogen (secondary N) is 2. The van der Waals surface area contributed by atoms with Gasteiger partial charge < -0.3 is 9.97 Å². The van der Waals surface area contributed by atoms with Crippen LogP contribution in [0.2, 0.25) is 0 Å². The predicted molar refractivity (Wildman–Crippen MR) is 242 cm³/mol. The van der Waals surface area contributed by atoms with Gasteiger partial charge in [0.05, 0.1) is 0 Å². The van der Waals surface area contributed by atoms with E-state index in [0.29, 0.717) is 34.6 Å². The first-order valence-electron chi connectivity index (χ1n) is 19.7. The quantitative estimate of drug-likeness (QED) is 0.148. The second kappa shape index (κ2) is 12.9. The van der Waals surface area contributed by atoms with E-state index in [2.05, 4.69) is 129 Å². The van der Waals surface area contributed by atoms with Gasteiger partial charge in [-0.3, -0.25) is 0 Å². The third-order valence-electron chi connectivity index (χ3n) is 11.0. The van der Waals surface area contributed by atoms with Crippen LogP contribution in [0.4, 0.5) is 0 Å². The molecule has 4 aromatic carbocycles. The molecule has 0 saturated carbocycles. The van der Waals surface area contributed by atoms with Gasteiger partial charge in [-0.1, -0.05) is 156 Å². The molecular weight excluding hydrogens is 761 g/mol. The third-order valence-corrected chi connectivity index (χ3v) is 11.0. The van der Waals surface area contributed by atoms with Crippen molar-refractivity contribution in [3.8, 4) is 45.6 Å². The predicted octanol–water partition coefficient (Wildman–Crippen LogP) is 10.6. The molecule has 290 valence electrons. The van der Waals surface area contributed by atoms with Gasteiger partial charge in [-0.15, -0.1) is 0 Å². The molecule has 57 heavy (non-hydrogen) atoms. The fraction of sp³-hybridized carbons (Fsp3) is 0.333. The van der Waals surface area contributed by atoms with Crippen molar-refractivity contribution in [1.29, 1.82) is 0 Å². The molecular formula is C48H54GeN8. The topological polar surface area (TPSA) is 109 Å². The summed E-state index contributed by atoms with van der Waals surface area (Å²) in [6, 6.07) is 24.6. The van der Waals surface area contributed by atoms with Crippen molar-refractivity contribution in [2.75, 3.05) is 0 Å². The van der Waals surface area contributed by atoms with Crippen molar-refractivity contribution < 1.29 is 0 Å². The third kappa shape index (κ3) is 6.19. The number of fused-ring (bicyclic) bond motifs is 20. The van der Waals surface area contributed by atoms with E-state index >= 15 is 0 Å². The van der Waals surface area contributed by atoms with Gasteiger partial charge in [-0.05, 0) is 43.9 Å². The van der Waals surface area contributed by atoms with Crippen LogP contribution in [-0.4, -0.2) is 57.5 Å². The Labute approximate surface area is 345 Å². The van der Waals surface area contributed by atoms with Gasteiger partial charge in [0, 0.05) is 43.8 Å². The van der Waals surface area contributed by atoms with E-state index < -0.39 is 0 Å². The van der Waals surface area contributed by atoms with Crippen LogP contribution in [-0.2, 0) is 21.7 Å². The molecule has 3 aromatic heterocycles. The molecule has 9 heteroatoms. The molecule has 0 unspecified atom stereocenters. The van der Waals surface area contributed by atoms with Crippen LogP contribution < -0.4 is 0 Å². The summed E-state index contributed by atoms with van der Waals surface area (Å²) in [4.78, 5) is 39.2. The Morgan fingerprint density at radius 1 is 0.333 bits per heavy atom. The molecule has 0 aliphatic carbocycles. The summed E-state index contributed by atoms with van der Waals surface area (Å²) in [5.74, 6) is 2.41. The van der Waals surface area contributed by atoms with E-state index in [4.69, 9.17) is 29.9 Å². The number of aromatic nitrogens is 8. The van der Waals surface area contributed by atoms with Crippen LogP contribution in [0.25, 0.3) is 89.7 Å². The van der Waals surface area contributed by atoms with E-state index in [9.17, 15) is 0 Å². The Bertz CT molecular complexity index is 2760. The molecule has 8 bridgehead atoms. The first-order valence-corrected chi connectivity index (χ1v) is 19.7. The first-order chi connectivity index (χ1) is 26.3. The molecule has 0 atom stereocenters. The molecule has 0 amide bonds. The summed E-state index contributed by atoms with van der Waals surface area (Å²) in [5, 5.41) is 4.06. The van der Waals surface area contributed by atoms with Gasteiger partial charge in [0.1, 0.15) is 22.6 Å². The van der Waals surface area contributed by atoms with Crippen LogP contribution >= 0.6 is 0 Å². The van der Waals surface area contributed by atoms with Crippen LogP contribution in [0.15, 0.2) is 72.8 Å². The van der Waals surface area contributed by atoms with Gasteiger partial charge in [-0.25, -0.2) is 29.9 Å². The summed E-state index contributed by atoms with van der Waals surface area (Å²) in [6.07, 6.45) is 0. The standard InChI is InChI=1S/C48H50N8.GeH4/c1-45(2,3)33-31-32(34(46(4,5)6)36(48(10,11)12)35(33)47(7,8)9)44-55-42-30-24-18-16-22-28(30)40(53-42)51-38-26-20-14-13-19-25(26)37(49-38)50-39-27-21-15-17-23-29(27)41(52-39)54-43(31)56-44;/h13-24H,1-12H3,(H2,49,50,51,52,53,54,55,56);1H4. The SMILES string of the molecule is CC(C)(C)c1c(C(C)(C)C)c(C(C)(C)C)c2c3nc4nc(nc5[nH]c(nc6nc(nc([nH]3)c2c1C(C)(C)C)-c1ccccc1-6)c1ccccc51)-c1ccccc1-4.[GeH4]. The number of hydrogen-bond donors (Lipinski definition) is 2. The molecule has 9 rings (SSSR count). The zero-order valence-corrected chi connectivity index (χ0v) is 34.6. The molecule has 2 aliphatic rings. The molecule has 0 saturated heterocycles. The van der Waals surface area contributed by atoms with Crippen molar-refractivity contribution in [3.05, 3.63) is 95.1 Å². The maximum atomic E-state index is 5.53.